The molecule has 3 rings (SSSR count). The number of benzene rings is 2. The highest BCUT2D eigenvalue weighted by Gasteiger charge is 2.36. The monoisotopic (exact) mass is 429 g/mol. The summed E-state index contributed by atoms with van der Waals surface area (Å²) in [6.07, 6.45) is 0.133. The van der Waals surface area contributed by atoms with E-state index in [4.69, 9.17) is 16.3 Å². The van der Waals surface area contributed by atoms with E-state index in [1.807, 2.05) is 18.2 Å². The van der Waals surface area contributed by atoms with Gasteiger partial charge in [0.25, 0.3) is 0 Å². The third-order valence-electron chi connectivity index (χ3n) is 5.01. The van der Waals surface area contributed by atoms with Gasteiger partial charge in [-0.3, -0.25) is 14.4 Å². The number of halogens is 1. The first-order valence-electron chi connectivity index (χ1n) is 9.57. The molecule has 0 saturated carbocycles. The second-order valence-corrected chi connectivity index (χ2v) is 7.64. The van der Waals surface area contributed by atoms with Crippen molar-refractivity contribution in [3.05, 3.63) is 59.1 Å². The smallest absolute Gasteiger partial charge is 0.243 e. The Morgan fingerprint density at radius 2 is 1.90 bits per heavy atom. The van der Waals surface area contributed by atoms with E-state index < -0.39 is 5.92 Å². The first-order valence-corrected chi connectivity index (χ1v) is 9.95. The van der Waals surface area contributed by atoms with Crippen LogP contribution in [0.25, 0.3) is 0 Å². The maximum absolute atomic E-state index is 12.8. The number of amides is 3. The quantitative estimate of drug-likeness (QED) is 0.734. The number of likely N-dealkylation sites (N-methyl/N-ethyl adjacent to an activating group) is 1. The van der Waals surface area contributed by atoms with Crippen molar-refractivity contribution in [1.82, 2.24) is 9.80 Å². The Morgan fingerprint density at radius 3 is 2.57 bits per heavy atom. The van der Waals surface area contributed by atoms with Gasteiger partial charge < -0.3 is 19.9 Å². The number of hydrogen-bond donors (Lipinski definition) is 1. The van der Waals surface area contributed by atoms with Gasteiger partial charge in [0.05, 0.1) is 19.6 Å². The molecule has 1 atom stereocenters. The van der Waals surface area contributed by atoms with Crippen LogP contribution in [0.15, 0.2) is 48.5 Å². The van der Waals surface area contributed by atoms with Crippen molar-refractivity contribution in [3.63, 3.8) is 0 Å². The summed E-state index contributed by atoms with van der Waals surface area (Å²) in [5.41, 5.74) is 1.46. The lowest BCUT2D eigenvalue weighted by atomic mass is 10.1. The van der Waals surface area contributed by atoms with Gasteiger partial charge >= 0.3 is 0 Å². The van der Waals surface area contributed by atoms with Crippen LogP contribution >= 0.6 is 11.6 Å². The molecule has 1 fully saturated rings. The summed E-state index contributed by atoms with van der Waals surface area (Å²) < 4.78 is 5.08. The summed E-state index contributed by atoms with van der Waals surface area (Å²) in [6, 6.07) is 14.2. The molecule has 0 unspecified atom stereocenters. The van der Waals surface area contributed by atoms with Crippen LogP contribution < -0.4 is 10.1 Å². The molecule has 7 nitrogen and oxygen atoms in total. The molecule has 1 N–H and O–H groups in total. The standard InChI is InChI=1S/C22H24ClN3O4/c1-25(14-20(27)24-17-7-9-18(30-2)10-8-17)22(29)16-11-21(28)26(13-16)12-15-5-3-4-6-19(15)23/h3-10,16H,11-14H2,1-2H3,(H,24,27)/t16-/m0/s1. The van der Waals surface area contributed by atoms with E-state index in [0.717, 1.165) is 5.56 Å². The molecular weight excluding hydrogens is 406 g/mol. The Bertz CT molecular complexity index is 932. The molecule has 158 valence electrons. The van der Waals surface area contributed by atoms with E-state index in [-0.39, 0.29) is 30.7 Å². The molecule has 0 aromatic heterocycles. The van der Waals surface area contributed by atoms with Gasteiger partial charge in [-0.25, -0.2) is 0 Å². The number of ether oxygens (including phenoxy) is 1. The van der Waals surface area contributed by atoms with Crippen LogP contribution in [0.3, 0.4) is 0 Å². The summed E-state index contributed by atoms with van der Waals surface area (Å²) >= 11 is 6.18. The Balaban J connectivity index is 1.53. The van der Waals surface area contributed by atoms with Crippen molar-refractivity contribution in [2.24, 2.45) is 5.92 Å². The van der Waals surface area contributed by atoms with Crippen molar-refractivity contribution in [2.45, 2.75) is 13.0 Å². The van der Waals surface area contributed by atoms with E-state index in [1.165, 1.54) is 4.90 Å². The predicted octanol–water partition coefficient (Wildman–Crippen LogP) is 2.79. The van der Waals surface area contributed by atoms with Crippen molar-refractivity contribution in [1.29, 1.82) is 0 Å². The number of likely N-dealkylation sites (tertiary alicyclic amines) is 1. The van der Waals surface area contributed by atoms with E-state index in [0.29, 0.717) is 29.5 Å². The zero-order valence-corrected chi connectivity index (χ0v) is 17.7. The lowest BCUT2D eigenvalue weighted by molar-refractivity contribution is -0.137. The molecule has 0 radical (unpaired) electrons. The summed E-state index contributed by atoms with van der Waals surface area (Å²) in [7, 11) is 3.13. The normalized spacial score (nSPS) is 15.8. The van der Waals surface area contributed by atoms with Gasteiger partial charge in [0.15, 0.2) is 0 Å². The van der Waals surface area contributed by atoms with Crippen LogP contribution in [-0.2, 0) is 20.9 Å². The van der Waals surface area contributed by atoms with Gasteiger partial charge in [-0.2, -0.15) is 0 Å². The molecule has 0 bridgehead atoms. The Kier molecular flexibility index (Phi) is 6.95. The molecule has 2 aromatic rings. The number of carbonyl (C=O) groups excluding carboxylic acids is 3. The predicted molar refractivity (Wildman–Crippen MR) is 114 cm³/mol. The molecule has 1 aliphatic rings. The van der Waals surface area contributed by atoms with Gasteiger partial charge in [-0.15, -0.1) is 0 Å². The fraction of sp³-hybridized carbons (Fsp3) is 0.318. The molecule has 1 aliphatic heterocycles. The van der Waals surface area contributed by atoms with Gasteiger partial charge in [-0.05, 0) is 35.9 Å². The first-order chi connectivity index (χ1) is 14.4. The van der Waals surface area contributed by atoms with Gasteiger partial charge in [0.2, 0.25) is 17.7 Å². The number of hydrogen-bond acceptors (Lipinski definition) is 4. The van der Waals surface area contributed by atoms with Crippen LogP contribution in [0.5, 0.6) is 5.75 Å². The van der Waals surface area contributed by atoms with E-state index in [1.54, 1.807) is 49.4 Å². The fourth-order valence-electron chi connectivity index (χ4n) is 3.40. The average molecular weight is 430 g/mol. The lowest BCUT2D eigenvalue weighted by Crippen LogP contribution is -2.39. The zero-order valence-electron chi connectivity index (χ0n) is 16.9. The molecule has 2 aromatic carbocycles. The highest BCUT2D eigenvalue weighted by Crippen LogP contribution is 2.24. The summed E-state index contributed by atoms with van der Waals surface area (Å²) in [6.45, 7) is 0.581. The van der Waals surface area contributed by atoms with Crippen LogP contribution in [0.1, 0.15) is 12.0 Å². The van der Waals surface area contributed by atoms with Crippen molar-refractivity contribution >= 4 is 35.0 Å². The number of nitrogens with one attached hydrogen (secondary N) is 1. The SMILES string of the molecule is COc1ccc(NC(=O)CN(C)C(=O)[C@H]2CC(=O)N(Cc3ccccc3Cl)C2)cc1. The highest BCUT2D eigenvalue weighted by atomic mass is 35.5. The summed E-state index contributed by atoms with van der Waals surface area (Å²) in [4.78, 5) is 40.4. The van der Waals surface area contributed by atoms with Crippen LogP contribution in [0, 0.1) is 5.92 Å². The minimum absolute atomic E-state index is 0.0932. The minimum Gasteiger partial charge on any atom is -0.497 e. The fourth-order valence-corrected chi connectivity index (χ4v) is 3.60. The first kappa shape index (κ1) is 21.6. The molecule has 0 aliphatic carbocycles. The Labute approximate surface area is 180 Å². The summed E-state index contributed by atoms with van der Waals surface area (Å²) in [5, 5.41) is 3.34. The number of nitrogens with zero attached hydrogens (tertiary/aromatic N) is 2. The maximum atomic E-state index is 12.8. The van der Waals surface area contributed by atoms with E-state index in [9.17, 15) is 14.4 Å². The minimum atomic E-state index is -0.473. The third-order valence-corrected chi connectivity index (χ3v) is 5.38. The van der Waals surface area contributed by atoms with Gasteiger partial charge in [-0.1, -0.05) is 29.8 Å². The van der Waals surface area contributed by atoms with Gasteiger partial charge in [0.1, 0.15) is 5.75 Å². The highest BCUT2D eigenvalue weighted by molar-refractivity contribution is 6.31. The second-order valence-electron chi connectivity index (χ2n) is 7.24. The summed E-state index contributed by atoms with van der Waals surface area (Å²) in [5.74, 6) is -0.418. The number of rotatable bonds is 7. The molecule has 3 amide bonds. The largest absolute Gasteiger partial charge is 0.497 e. The van der Waals surface area contributed by atoms with E-state index >= 15 is 0 Å². The molecule has 0 spiro atoms. The van der Waals surface area contributed by atoms with Crippen molar-refractivity contribution in [3.8, 4) is 5.75 Å². The van der Waals surface area contributed by atoms with Crippen LogP contribution in [0.2, 0.25) is 5.02 Å². The van der Waals surface area contributed by atoms with Gasteiger partial charge in [0, 0.05) is 37.3 Å². The Morgan fingerprint density at radius 1 is 1.20 bits per heavy atom. The molecule has 1 heterocycles. The molecule has 1 saturated heterocycles. The average Bonchev–Trinajstić information content (AvgIpc) is 3.09. The zero-order chi connectivity index (χ0) is 21.7. The van der Waals surface area contributed by atoms with Crippen molar-refractivity contribution < 1.29 is 19.1 Å². The second kappa shape index (κ2) is 9.63. The lowest BCUT2D eigenvalue weighted by Gasteiger charge is -2.21. The molecular formula is C22H24ClN3O4. The number of carbonyl (C=O) groups is 3. The van der Waals surface area contributed by atoms with Crippen LogP contribution in [-0.4, -0.2) is 54.8 Å². The van der Waals surface area contributed by atoms with E-state index in [2.05, 4.69) is 5.32 Å². The third kappa shape index (κ3) is 5.30. The number of methoxy groups -OCH3 is 1. The topological polar surface area (TPSA) is 79.0 Å². The maximum Gasteiger partial charge on any atom is 0.243 e. The molecule has 8 heteroatoms. The number of anilines is 1. The van der Waals surface area contributed by atoms with Crippen molar-refractivity contribution in [2.75, 3.05) is 32.6 Å². The molecule has 30 heavy (non-hydrogen) atoms. The van der Waals surface area contributed by atoms with Crippen LogP contribution in [0.4, 0.5) is 5.69 Å². The Hall–Kier alpha value is -3.06.